The van der Waals surface area contributed by atoms with Crippen LogP contribution in [0.15, 0.2) is 6.07 Å². The van der Waals surface area contributed by atoms with Crippen molar-refractivity contribution >= 4 is 11.3 Å². The largest absolute Gasteiger partial charge is 0.329 e. The molecule has 15 heavy (non-hydrogen) atoms. The molecule has 1 fully saturated rings. The summed E-state index contributed by atoms with van der Waals surface area (Å²) in [6.45, 7) is 7.53. The van der Waals surface area contributed by atoms with Crippen LogP contribution in [0.5, 0.6) is 0 Å². The van der Waals surface area contributed by atoms with Crippen molar-refractivity contribution in [3.05, 3.63) is 21.4 Å². The van der Waals surface area contributed by atoms with E-state index in [1.54, 1.807) is 0 Å². The first-order valence-corrected chi connectivity index (χ1v) is 6.52. The van der Waals surface area contributed by atoms with Gasteiger partial charge >= 0.3 is 0 Å². The van der Waals surface area contributed by atoms with Crippen LogP contribution in [0.3, 0.4) is 0 Å². The van der Waals surface area contributed by atoms with Crippen LogP contribution >= 0.6 is 11.3 Å². The van der Waals surface area contributed by atoms with Crippen LogP contribution in [0.25, 0.3) is 0 Å². The van der Waals surface area contributed by atoms with Gasteiger partial charge in [0.25, 0.3) is 0 Å². The maximum atomic E-state index is 5.78. The number of hydrogen-bond donors (Lipinski definition) is 1. The molecule has 0 amide bonds. The molecule has 0 spiro atoms. The van der Waals surface area contributed by atoms with Gasteiger partial charge < -0.3 is 5.73 Å². The van der Waals surface area contributed by atoms with Crippen LogP contribution in [0, 0.1) is 13.8 Å². The Hall–Kier alpha value is -0.380. The lowest BCUT2D eigenvalue weighted by atomic mass is 10.2. The molecular formula is C12H20N2S. The Kier molecular flexibility index (Phi) is 3.44. The summed E-state index contributed by atoms with van der Waals surface area (Å²) in [5.74, 6) is 0. The quantitative estimate of drug-likeness (QED) is 0.853. The van der Waals surface area contributed by atoms with Gasteiger partial charge in [-0.25, -0.2) is 0 Å². The summed E-state index contributed by atoms with van der Waals surface area (Å²) < 4.78 is 0. The lowest BCUT2D eigenvalue weighted by Gasteiger charge is -2.22. The Morgan fingerprint density at radius 3 is 2.93 bits per heavy atom. The minimum Gasteiger partial charge on any atom is -0.329 e. The summed E-state index contributed by atoms with van der Waals surface area (Å²) in [5, 5.41) is 0. The Bertz CT molecular complexity index is 332. The lowest BCUT2D eigenvalue weighted by molar-refractivity contribution is 0.250. The van der Waals surface area contributed by atoms with Gasteiger partial charge in [0, 0.05) is 28.9 Å². The van der Waals surface area contributed by atoms with Crippen LogP contribution in [0.1, 0.15) is 28.2 Å². The molecule has 1 aliphatic heterocycles. The molecule has 1 aromatic rings. The van der Waals surface area contributed by atoms with Gasteiger partial charge in [0.05, 0.1) is 0 Å². The summed E-state index contributed by atoms with van der Waals surface area (Å²) in [6, 6.07) is 2.94. The fourth-order valence-electron chi connectivity index (χ4n) is 2.43. The lowest BCUT2D eigenvalue weighted by Crippen LogP contribution is -2.34. The molecule has 0 aliphatic carbocycles. The molecule has 2 rings (SSSR count). The number of thiophene rings is 1. The number of nitrogens with zero attached hydrogens (tertiary/aromatic N) is 1. The average molecular weight is 224 g/mol. The summed E-state index contributed by atoms with van der Waals surface area (Å²) in [5.41, 5.74) is 7.28. The van der Waals surface area contributed by atoms with Gasteiger partial charge in [0.1, 0.15) is 0 Å². The monoisotopic (exact) mass is 224 g/mol. The second-order valence-corrected chi connectivity index (χ2v) is 5.90. The average Bonchev–Trinajstić information content (AvgIpc) is 2.74. The predicted octanol–water partition coefficient (Wildman–Crippen LogP) is 2.29. The molecule has 1 saturated heterocycles. The van der Waals surface area contributed by atoms with E-state index in [9.17, 15) is 0 Å². The summed E-state index contributed by atoms with van der Waals surface area (Å²) in [6.07, 6.45) is 2.59. The SMILES string of the molecule is Cc1cc(CN2CCCC2CN)c(C)s1. The van der Waals surface area contributed by atoms with E-state index in [2.05, 4.69) is 24.8 Å². The van der Waals surface area contributed by atoms with Crippen LogP contribution in [-0.2, 0) is 6.54 Å². The van der Waals surface area contributed by atoms with Crippen LogP contribution in [-0.4, -0.2) is 24.0 Å². The molecule has 1 atom stereocenters. The van der Waals surface area contributed by atoms with E-state index in [0.717, 1.165) is 13.1 Å². The highest BCUT2D eigenvalue weighted by Gasteiger charge is 2.23. The Morgan fingerprint density at radius 1 is 1.53 bits per heavy atom. The zero-order valence-electron chi connectivity index (χ0n) is 9.62. The number of rotatable bonds is 3. The fraction of sp³-hybridized carbons (Fsp3) is 0.667. The number of nitrogens with two attached hydrogens (primary N) is 1. The third-order valence-electron chi connectivity index (χ3n) is 3.29. The maximum Gasteiger partial charge on any atom is 0.0248 e. The Balaban J connectivity index is 2.05. The smallest absolute Gasteiger partial charge is 0.0248 e. The molecule has 2 heterocycles. The normalized spacial score (nSPS) is 22.5. The standard InChI is InChI=1S/C12H20N2S/c1-9-6-11(10(2)15-9)8-14-5-3-4-12(14)7-13/h6,12H,3-5,7-8,13H2,1-2H3. The number of hydrogen-bond acceptors (Lipinski definition) is 3. The third-order valence-corrected chi connectivity index (χ3v) is 4.30. The zero-order valence-corrected chi connectivity index (χ0v) is 10.4. The van der Waals surface area contributed by atoms with Crippen LogP contribution in [0.2, 0.25) is 0 Å². The molecule has 2 nitrogen and oxygen atoms in total. The molecule has 0 radical (unpaired) electrons. The van der Waals surface area contributed by atoms with Crippen molar-refractivity contribution in [3.8, 4) is 0 Å². The van der Waals surface area contributed by atoms with E-state index in [4.69, 9.17) is 5.73 Å². The topological polar surface area (TPSA) is 29.3 Å². The van der Waals surface area contributed by atoms with Gasteiger partial charge in [-0.3, -0.25) is 4.90 Å². The number of aryl methyl sites for hydroxylation is 2. The van der Waals surface area contributed by atoms with Gasteiger partial charge in [-0.1, -0.05) is 0 Å². The minimum atomic E-state index is 0.615. The van der Waals surface area contributed by atoms with Crippen molar-refractivity contribution in [2.24, 2.45) is 5.73 Å². The zero-order chi connectivity index (χ0) is 10.8. The van der Waals surface area contributed by atoms with E-state index in [0.29, 0.717) is 6.04 Å². The molecule has 0 aromatic carbocycles. The second kappa shape index (κ2) is 4.64. The third kappa shape index (κ3) is 2.41. The van der Waals surface area contributed by atoms with E-state index >= 15 is 0 Å². The molecule has 1 aromatic heterocycles. The van der Waals surface area contributed by atoms with E-state index < -0.39 is 0 Å². The highest BCUT2D eigenvalue weighted by molar-refractivity contribution is 7.12. The highest BCUT2D eigenvalue weighted by Crippen LogP contribution is 2.25. The number of likely N-dealkylation sites (tertiary alicyclic amines) is 1. The van der Waals surface area contributed by atoms with Crippen LogP contribution in [0.4, 0.5) is 0 Å². The first-order valence-electron chi connectivity index (χ1n) is 5.70. The second-order valence-electron chi connectivity index (χ2n) is 4.44. The van der Waals surface area contributed by atoms with Crippen LogP contribution < -0.4 is 5.73 Å². The van der Waals surface area contributed by atoms with E-state index in [1.807, 2.05) is 11.3 Å². The molecule has 1 unspecified atom stereocenters. The molecule has 0 saturated carbocycles. The molecular weight excluding hydrogens is 204 g/mol. The van der Waals surface area contributed by atoms with Crippen molar-refractivity contribution in [2.75, 3.05) is 13.1 Å². The first-order chi connectivity index (χ1) is 7.20. The Morgan fingerprint density at radius 2 is 2.33 bits per heavy atom. The minimum absolute atomic E-state index is 0.615. The van der Waals surface area contributed by atoms with Gasteiger partial charge in [-0.2, -0.15) is 0 Å². The van der Waals surface area contributed by atoms with Crippen molar-refractivity contribution in [2.45, 2.75) is 39.3 Å². The predicted molar refractivity (Wildman–Crippen MR) is 66.3 cm³/mol. The molecule has 0 bridgehead atoms. The van der Waals surface area contributed by atoms with Gasteiger partial charge in [0.2, 0.25) is 0 Å². The van der Waals surface area contributed by atoms with Gasteiger partial charge in [0.15, 0.2) is 0 Å². The molecule has 2 N–H and O–H groups in total. The van der Waals surface area contributed by atoms with Gasteiger partial charge in [-0.05, 0) is 44.9 Å². The van der Waals surface area contributed by atoms with Crippen molar-refractivity contribution in [1.82, 2.24) is 4.90 Å². The van der Waals surface area contributed by atoms with E-state index in [-0.39, 0.29) is 0 Å². The fourth-order valence-corrected chi connectivity index (χ4v) is 3.37. The first kappa shape index (κ1) is 11.1. The summed E-state index contributed by atoms with van der Waals surface area (Å²) in [4.78, 5) is 5.43. The maximum absolute atomic E-state index is 5.78. The van der Waals surface area contributed by atoms with Crippen molar-refractivity contribution < 1.29 is 0 Å². The Labute approximate surface area is 96.1 Å². The molecule has 3 heteroatoms. The molecule has 1 aliphatic rings. The van der Waals surface area contributed by atoms with E-state index in [1.165, 1.54) is 34.7 Å². The van der Waals surface area contributed by atoms with Crippen molar-refractivity contribution in [1.29, 1.82) is 0 Å². The summed E-state index contributed by atoms with van der Waals surface area (Å²) >= 11 is 1.90. The summed E-state index contributed by atoms with van der Waals surface area (Å²) in [7, 11) is 0. The van der Waals surface area contributed by atoms with Gasteiger partial charge in [-0.15, -0.1) is 11.3 Å². The molecule has 84 valence electrons. The highest BCUT2D eigenvalue weighted by atomic mass is 32.1. The van der Waals surface area contributed by atoms with Crippen molar-refractivity contribution in [3.63, 3.8) is 0 Å².